The number of carbonyl (C=O) groups excluding carboxylic acids is 1. The van der Waals surface area contributed by atoms with Crippen molar-refractivity contribution in [3.8, 4) is 0 Å². The average Bonchev–Trinajstić information content (AvgIpc) is 2.53. The number of nitrogens with zero attached hydrogens (tertiary/aromatic N) is 2. The van der Waals surface area contributed by atoms with Crippen molar-refractivity contribution in [2.24, 2.45) is 0 Å². The molecule has 9 heteroatoms. The van der Waals surface area contributed by atoms with Crippen molar-refractivity contribution in [1.29, 1.82) is 0 Å². The van der Waals surface area contributed by atoms with E-state index in [9.17, 15) is 22.8 Å². The van der Waals surface area contributed by atoms with E-state index in [-0.39, 0.29) is 5.69 Å². The first-order chi connectivity index (χ1) is 11.7. The highest BCUT2D eigenvalue weighted by Gasteiger charge is 2.35. The second kappa shape index (κ2) is 7.29. The zero-order valence-electron chi connectivity index (χ0n) is 13.0. The van der Waals surface area contributed by atoms with Crippen LogP contribution in [0, 0.1) is 6.92 Å². The highest BCUT2D eigenvalue weighted by molar-refractivity contribution is 5.93. The van der Waals surface area contributed by atoms with Crippen molar-refractivity contribution in [2.45, 2.75) is 25.6 Å². The predicted octanol–water partition coefficient (Wildman–Crippen LogP) is 2.75. The van der Waals surface area contributed by atoms with Crippen molar-refractivity contribution < 1.29 is 27.9 Å². The van der Waals surface area contributed by atoms with E-state index in [1.54, 1.807) is 30.3 Å². The van der Waals surface area contributed by atoms with E-state index in [1.807, 2.05) is 0 Å². The van der Waals surface area contributed by atoms with E-state index in [0.717, 1.165) is 6.07 Å². The molecule has 1 amide bonds. The standard InChI is InChI=1S/C16H14F3N3O3/c1-9-7-12(22-15(20-9)16(17,18)19)14(25)21-11(8-13(23)24)10-5-3-2-4-6-10/h2-7,11H,8H2,1H3,(H,21,25)(H,23,24). The van der Waals surface area contributed by atoms with Gasteiger partial charge < -0.3 is 10.4 Å². The van der Waals surface area contributed by atoms with E-state index in [1.165, 1.54) is 6.92 Å². The number of aliphatic carboxylic acids is 1. The Kier molecular flexibility index (Phi) is 5.35. The quantitative estimate of drug-likeness (QED) is 0.862. The maximum absolute atomic E-state index is 12.8. The van der Waals surface area contributed by atoms with E-state index in [0.29, 0.717) is 5.56 Å². The van der Waals surface area contributed by atoms with E-state index in [2.05, 4.69) is 15.3 Å². The molecule has 1 unspecified atom stereocenters. The zero-order chi connectivity index (χ0) is 18.6. The largest absolute Gasteiger partial charge is 0.481 e. The summed E-state index contributed by atoms with van der Waals surface area (Å²) in [6, 6.07) is 8.45. The van der Waals surface area contributed by atoms with Crippen LogP contribution in [0.3, 0.4) is 0 Å². The van der Waals surface area contributed by atoms with Crippen LogP contribution < -0.4 is 5.32 Å². The Morgan fingerprint density at radius 1 is 1.20 bits per heavy atom. The molecule has 0 aliphatic carbocycles. The second-order valence-corrected chi connectivity index (χ2v) is 5.25. The SMILES string of the molecule is Cc1cc(C(=O)NC(CC(=O)O)c2ccccc2)nc(C(F)(F)F)n1. The molecular weight excluding hydrogens is 339 g/mol. The molecule has 0 aliphatic rings. The third-order valence-corrected chi connectivity index (χ3v) is 3.23. The van der Waals surface area contributed by atoms with Crippen LogP contribution >= 0.6 is 0 Å². The first-order valence-electron chi connectivity index (χ1n) is 7.17. The number of nitrogens with one attached hydrogen (secondary N) is 1. The van der Waals surface area contributed by atoms with Gasteiger partial charge in [0, 0.05) is 5.69 Å². The fraction of sp³-hybridized carbons (Fsp3) is 0.250. The van der Waals surface area contributed by atoms with Gasteiger partial charge in [0.1, 0.15) is 5.69 Å². The van der Waals surface area contributed by atoms with Crippen molar-refractivity contribution in [3.63, 3.8) is 0 Å². The highest BCUT2D eigenvalue weighted by Crippen LogP contribution is 2.26. The molecule has 2 rings (SSSR count). The fourth-order valence-corrected chi connectivity index (χ4v) is 2.16. The number of carboxylic acid groups (broad SMARTS) is 1. The van der Waals surface area contributed by atoms with Gasteiger partial charge in [-0.05, 0) is 18.6 Å². The van der Waals surface area contributed by atoms with Crippen LogP contribution in [0.5, 0.6) is 0 Å². The van der Waals surface area contributed by atoms with Crippen LogP contribution in [0.4, 0.5) is 13.2 Å². The minimum absolute atomic E-state index is 0.0260. The number of carboxylic acids is 1. The molecule has 1 aromatic carbocycles. The minimum atomic E-state index is -4.79. The van der Waals surface area contributed by atoms with Crippen molar-refractivity contribution in [3.05, 3.63) is 59.2 Å². The minimum Gasteiger partial charge on any atom is -0.481 e. The molecular formula is C16H14F3N3O3. The number of amides is 1. The van der Waals surface area contributed by atoms with E-state index < -0.39 is 42.0 Å². The molecule has 25 heavy (non-hydrogen) atoms. The van der Waals surface area contributed by atoms with Gasteiger partial charge in [0.25, 0.3) is 5.91 Å². The summed E-state index contributed by atoms with van der Waals surface area (Å²) in [4.78, 5) is 29.8. The summed E-state index contributed by atoms with van der Waals surface area (Å²) in [5, 5.41) is 11.4. The Morgan fingerprint density at radius 2 is 1.84 bits per heavy atom. The molecule has 0 bridgehead atoms. The Bertz CT molecular complexity index is 779. The van der Waals surface area contributed by atoms with E-state index >= 15 is 0 Å². The molecule has 0 aliphatic heterocycles. The molecule has 0 spiro atoms. The van der Waals surface area contributed by atoms with Gasteiger partial charge in [-0.15, -0.1) is 0 Å². The number of halogens is 3. The molecule has 0 saturated heterocycles. The molecule has 2 N–H and O–H groups in total. The Balaban J connectivity index is 2.30. The lowest BCUT2D eigenvalue weighted by Crippen LogP contribution is -2.31. The van der Waals surface area contributed by atoms with Gasteiger partial charge in [-0.3, -0.25) is 9.59 Å². The average molecular weight is 353 g/mol. The lowest BCUT2D eigenvalue weighted by Gasteiger charge is -2.17. The number of hydrogen-bond acceptors (Lipinski definition) is 4. The van der Waals surface area contributed by atoms with Gasteiger partial charge in [0.2, 0.25) is 5.82 Å². The third-order valence-electron chi connectivity index (χ3n) is 3.23. The van der Waals surface area contributed by atoms with Gasteiger partial charge in [0.15, 0.2) is 0 Å². The number of hydrogen-bond donors (Lipinski definition) is 2. The van der Waals surface area contributed by atoms with Crippen LogP contribution in [-0.2, 0) is 11.0 Å². The molecule has 0 saturated carbocycles. The fourth-order valence-electron chi connectivity index (χ4n) is 2.16. The maximum atomic E-state index is 12.8. The summed E-state index contributed by atoms with van der Waals surface area (Å²) in [6.07, 6.45) is -5.22. The monoisotopic (exact) mass is 353 g/mol. The van der Waals surface area contributed by atoms with E-state index in [4.69, 9.17) is 5.11 Å². The summed E-state index contributed by atoms with van der Waals surface area (Å²) in [5.74, 6) is -3.50. The normalized spacial score (nSPS) is 12.5. The molecule has 1 heterocycles. The lowest BCUT2D eigenvalue weighted by atomic mass is 10.0. The van der Waals surface area contributed by atoms with Crippen molar-refractivity contribution in [1.82, 2.24) is 15.3 Å². The van der Waals surface area contributed by atoms with Gasteiger partial charge in [-0.25, -0.2) is 9.97 Å². The molecule has 6 nitrogen and oxygen atoms in total. The van der Waals surface area contributed by atoms with Gasteiger partial charge in [-0.1, -0.05) is 30.3 Å². The number of aryl methyl sites for hydroxylation is 1. The highest BCUT2D eigenvalue weighted by atomic mass is 19.4. The number of carbonyl (C=O) groups is 2. The number of benzene rings is 1. The maximum Gasteiger partial charge on any atom is 0.451 e. The summed E-state index contributed by atoms with van der Waals surface area (Å²) < 4.78 is 38.3. The van der Waals surface area contributed by atoms with Gasteiger partial charge in [-0.2, -0.15) is 13.2 Å². The molecule has 0 fully saturated rings. The Hall–Kier alpha value is -2.97. The third kappa shape index (κ3) is 5.00. The Morgan fingerprint density at radius 3 is 2.40 bits per heavy atom. The summed E-state index contributed by atoms with van der Waals surface area (Å²) in [6.45, 7) is 1.31. The lowest BCUT2D eigenvalue weighted by molar-refractivity contribution is -0.145. The zero-order valence-corrected chi connectivity index (χ0v) is 13.0. The molecule has 1 aromatic heterocycles. The molecule has 132 valence electrons. The van der Waals surface area contributed by atoms with Crippen molar-refractivity contribution >= 4 is 11.9 Å². The van der Waals surface area contributed by atoms with Crippen LogP contribution in [0.15, 0.2) is 36.4 Å². The van der Waals surface area contributed by atoms with Gasteiger partial charge in [0.05, 0.1) is 12.5 Å². The molecule has 0 radical (unpaired) electrons. The van der Waals surface area contributed by atoms with Gasteiger partial charge >= 0.3 is 12.1 Å². The topological polar surface area (TPSA) is 92.2 Å². The van der Waals surface area contributed by atoms with Crippen LogP contribution in [0.25, 0.3) is 0 Å². The summed E-state index contributed by atoms with van der Waals surface area (Å²) in [5.41, 5.74) is 0.00758. The molecule has 2 aromatic rings. The van der Waals surface area contributed by atoms with Crippen LogP contribution in [0.1, 0.15) is 40.0 Å². The summed E-state index contributed by atoms with van der Waals surface area (Å²) in [7, 11) is 0. The number of rotatable bonds is 5. The summed E-state index contributed by atoms with van der Waals surface area (Å²) >= 11 is 0. The first-order valence-corrected chi connectivity index (χ1v) is 7.17. The second-order valence-electron chi connectivity index (χ2n) is 5.25. The van der Waals surface area contributed by atoms with Crippen LogP contribution in [0.2, 0.25) is 0 Å². The Labute approximate surface area is 140 Å². The number of aromatic nitrogens is 2. The molecule has 1 atom stereocenters. The predicted molar refractivity (Wildman–Crippen MR) is 80.7 cm³/mol. The van der Waals surface area contributed by atoms with Crippen molar-refractivity contribution in [2.75, 3.05) is 0 Å². The first kappa shape index (κ1) is 18.4. The smallest absolute Gasteiger partial charge is 0.451 e. The number of alkyl halides is 3. The van der Waals surface area contributed by atoms with Crippen LogP contribution in [-0.4, -0.2) is 27.0 Å².